The Kier molecular flexibility index (Phi) is 14.3. The summed E-state index contributed by atoms with van der Waals surface area (Å²) in [7, 11) is 0. The summed E-state index contributed by atoms with van der Waals surface area (Å²) in [4.78, 5) is 30.1. The third-order valence-electron chi connectivity index (χ3n) is 23.5. The number of aromatic nitrogens is 8. The van der Waals surface area contributed by atoms with Crippen LogP contribution in [0.4, 0.5) is 0 Å². The molecule has 1 spiro atoms. The Morgan fingerprint density at radius 3 is 1.32 bits per heavy atom. The largest absolute Gasteiger partial charge is 0.455 e. The number of para-hydroxylation sites is 3. The van der Waals surface area contributed by atoms with E-state index in [9.17, 15) is 0 Å². The molecule has 109 heavy (non-hydrogen) atoms. The first kappa shape index (κ1) is 63.0. The number of furan rings is 1. The summed E-state index contributed by atoms with van der Waals surface area (Å²) in [5.41, 5.74) is 25.7. The molecule has 516 valence electrons. The minimum atomic E-state index is -0.145. The van der Waals surface area contributed by atoms with E-state index in [1.54, 1.807) is 11.3 Å². The first-order chi connectivity index (χ1) is 53.8. The van der Waals surface area contributed by atoms with Crippen molar-refractivity contribution in [2.45, 2.75) is 56.8 Å². The highest BCUT2D eigenvalue weighted by Crippen LogP contribution is 2.59. The van der Waals surface area contributed by atoms with E-state index in [1.165, 1.54) is 140 Å². The van der Waals surface area contributed by atoms with Gasteiger partial charge in [0.15, 0.2) is 34.9 Å². The molecule has 0 aliphatic heterocycles. The number of hydrogen-bond donors (Lipinski definition) is 0. The van der Waals surface area contributed by atoms with Crippen LogP contribution in [-0.2, 0) is 10.8 Å². The molecule has 9 nitrogen and oxygen atoms in total. The van der Waals surface area contributed by atoms with Crippen LogP contribution in [0.2, 0.25) is 0 Å². The van der Waals surface area contributed by atoms with Crippen LogP contribution in [0.5, 0.6) is 0 Å². The van der Waals surface area contributed by atoms with Crippen molar-refractivity contribution in [3.63, 3.8) is 0 Å². The molecule has 1 saturated carbocycles. The molecule has 0 amide bonds. The maximum Gasteiger partial charge on any atom is 0.167 e. The lowest BCUT2D eigenvalue weighted by Crippen LogP contribution is -2.28. The summed E-state index contributed by atoms with van der Waals surface area (Å²) in [6.07, 6.45) is 6.17. The van der Waals surface area contributed by atoms with Crippen LogP contribution >= 0.6 is 11.3 Å². The van der Waals surface area contributed by atoms with Crippen molar-refractivity contribution in [1.29, 1.82) is 0 Å². The third kappa shape index (κ3) is 9.77. The molecule has 6 aromatic heterocycles. The molecule has 23 rings (SSSR count). The number of thiophene rings is 1. The Morgan fingerprint density at radius 1 is 0.312 bits per heavy atom. The van der Waals surface area contributed by atoms with Gasteiger partial charge in [0.2, 0.25) is 0 Å². The second kappa shape index (κ2) is 24.6. The number of fused-ring (bicyclic) bond motifs is 22. The monoisotopic (exact) mass is 1420 g/mol. The van der Waals surface area contributed by atoms with E-state index in [0.29, 0.717) is 34.9 Å². The summed E-state index contributed by atoms with van der Waals surface area (Å²) in [6.45, 7) is 4.76. The summed E-state index contributed by atoms with van der Waals surface area (Å²) in [5.74, 6) is 3.84. The topological polar surface area (TPSA) is 100 Å². The van der Waals surface area contributed by atoms with Gasteiger partial charge in [0, 0.05) is 103 Å². The molecule has 14 aromatic carbocycles. The van der Waals surface area contributed by atoms with E-state index in [1.807, 2.05) is 97.1 Å². The van der Waals surface area contributed by atoms with Crippen molar-refractivity contribution >= 4 is 97.1 Å². The molecule has 3 aliphatic carbocycles. The van der Waals surface area contributed by atoms with Gasteiger partial charge in [0.1, 0.15) is 11.2 Å². The highest BCUT2D eigenvalue weighted by atomic mass is 32.1. The predicted octanol–water partition coefficient (Wildman–Crippen LogP) is 25.7. The van der Waals surface area contributed by atoms with Crippen molar-refractivity contribution in [2.24, 2.45) is 0 Å². The third-order valence-corrected chi connectivity index (χ3v) is 24.7. The van der Waals surface area contributed by atoms with Crippen LogP contribution in [0.3, 0.4) is 0 Å². The molecule has 0 N–H and O–H groups in total. The zero-order chi connectivity index (χ0) is 72.1. The van der Waals surface area contributed by atoms with Gasteiger partial charge in [-0.25, -0.2) is 29.9 Å². The maximum atomic E-state index is 6.77. The van der Waals surface area contributed by atoms with Crippen LogP contribution in [-0.4, -0.2) is 39.0 Å². The fraction of sp³-hybridized carbons (Fsp3) is 0.0909. The van der Waals surface area contributed by atoms with Gasteiger partial charge in [-0.2, -0.15) is 0 Å². The fourth-order valence-electron chi connectivity index (χ4n) is 18.6. The Balaban J connectivity index is 0.000000135. The van der Waals surface area contributed by atoms with Crippen LogP contribution in [0, 0.1) is 0 Å². The number of nitrogens with zero attached hydrogens (tertiary/aromatic N) is 8. The van der Waals surface area contributed by atoms with Gasteiger partial charge in [-0.15, -0.1) is 11.3 Å². The SMILES string of the molecule is CC1(C)c2ccccc2-c2ccc3c4ccccc4n(-c4ccc5sc6c(-c7nc(-c8ccccc8)nc(-c8ccccc8)n7)cccc6c5c4)c3c21.c1ccc(-c2nc(-c3ccccc3)nc(-c3cccc4c3oc3ccc(-n5c6ccccc6c6ccc7c(c65)C5(CCCCC5)c5ccccc5-7)cc34)n2)cc1. The summed E-state index contributed by atoms with van der Waals surface area (Å²) in [5, 5.41) is 9.68. The van der Waals surface area contributed by atoms with E-state index in [4.69, 9.17) is 34.3 Å². The van der Waals surface area contributed by atoms with Crippen LogP contribution < -0.4 is 0 Å². The average molecular weight is 1420 g/mol. The molecule has 0 atom stereocenters. The van der Waals surface area contributed by atoms with Gasteiger partial charge < -0.3 is 13.6 Å². The van der Waals surface area contributed by atoms with Crippen LogP contribution in [0.25, 0.3) is 188 Å². The quantitative estimate of drug-likeness (QED) is 0.149. The van der Waals surface area contributed by atoms with Gasteiger partial charge in [-0.05, 0) is 118 Å². The Morgan fingerprint density at radius 2 is 0.743 bits per heavy atom. The highest BCUT2D eigenvalue weighted by molar-refractivity contribution is 7.26. The van der Waals surface area contributed by atoms with E-state index in [2.05, 4.69) is 241 Å². The average Bonchev–Trinajstić information content (AvgIpc) is 1.53. The Hall–Kier alpha value is -13.3. The molecular weight excluding hydrogens is 1350 g/mol. The smallest absolute Gasteiger partial charge is 0.167 e. The van der Waals surface area contributed by atoms with Crippen molar-refractivity contribution in [2.75, 3.05) is 0 Å². The van der Waals surface area contributed by atoms with E-state index in [0.717, 1.165) is 66.7 Å². The van der Waals surface area contributed by atoms with Gasteiger partial charge in [0.05, 0.1) is 27.6 Å². The van der Waals surface area contributed by atoms with Gasteiger partial charge in [-0.1, -0.05) is 288 Å². The normalized spacial score (nSPS) is 13.9. The summed E-state index contributed by atoms with van der Waals surface area (Å²) >= 11 is 1.80. The standard InChI is InChI=1S/C51H36N4O.C48H32N4S/c1-4-15-32(16-5-1)48-52-49(33-17-6-2-7-18-33)54-50(53-48)40-22-14-21-39-41-31-34(25-28-44(41)56-47(39)40)55-43-24-11-9-20-36(43)38-27-26-37-35-19-8-10-23-42(35)51(45(37)46(38)55)29-12-3-13-30-51;1-48(2)39-22-11-9-18-32(39)34-25-26-35-33-19-10-12-23-40(33)52(43(35)42(34)48)31-24-27-41-38(28-31)36-20-13-21-37(44(36)53-41)47-50-45(29-14-5-3-6-15-29)49-46(51-47)30-16-7-4-8-17-30/h1-2,4-11,14-28,31H,3,12-13,29-30H2;3-28H,1-2H3. The Labute approximate surface area is 632 Å². The summed E-state index contributed by atoms with van der Waals surface area (Å²) in [6, 6.07) is 112. The zero-order valence-corrected chi connectivity index (χ0v) is 60.8. The van der Waals surface area contributed by atoms with Crippen molar-refractivity contribution in [3.8, 4) is 102 Å². The summed E-state index contributed by atoms with van der Waals surface area (Å²) < 4.78 is 14.2. The second-order valence-electron chi connectivity index (χ2n) is 29.8. The van der Waals surface area contributed by atoms with Crippen molar-refractivity contribution in [1.82, 2.24) is 39.0 Å². The zero-order valence-electron chi connectivity index (χ0n) is 60.0. The lowest BCUT2D eigenvalue weighted by Gasteiger charge is -2.36. The Bertz CT molecular complexity index is 6990. The minimum absolute atomic E-state index is 0.0128. The van der Waals surface area contributed by atoms with E-state index >= 15 is 0 Å². The molecule has 0 radical (unpaired) electrons. The second-order valence-corrected chi connectivity index (χ2v) is 30.9. The first-order valence-electron chi connectivity index (χ1n) is 37.8. The molecule has 20 aromatic rings. The number of rotatable bonds is 8. The molecule has 6 heterocycles. The molecule has 0 unspecified atom stereocenters. The molecule has 1 fully saturated rings. The minimum Gasteiger partial charge on any atom is -0.455 e. The highest BCUT2D eigenvalue weighted by Gasteiger charge is 2.46. The molecule has 0 bridgehead atoms. The van der Waals surface area contributed by atoms with Crippen molar-refractivity contribution < 1.29 is 4.42 Å². The molecule has 10 heteroatoms. The van der Waals surface area contributed by atoms with Crippen LogP contribution in [0.1, 0.15) is 68.2 Å². The molecule has 3 aliphatic rings. The number of benzene rings is 14. The predicted molar refractivity (Wildman–Crippen MR) is 448 cm³/mol. The van der Waals surface area contributed by atoms with Gasteiger partial charge in [-0.3, -0.25) is 0 Å². The lowest BCUT2D eigenvalue weighted by molar-refractivity contribution is 0.354. The van der Waals surface area contributed by atoms with Gasteiger partial charge >= 0.3 is 0 Å². The van der Waals surface area contributed by atoms with Crippen LogP contribution in [0.15, 0.2) is 320 Å². The maximum absolute atomic E-state index is 6.77. The van der Waals surface area contributed by atoms with Crippen molar-refractivity contribution in [3.05, 3.63) is 338 Å². The van der Waals surface area contributed by atoms with E-state index < -0.39 is 0 Å². The lowest BCUT2D eigenvalue weighted by atomic mass is 9.67. The first-order valence-corrected chi connectivity index (χ1v) is 38.6. The number of hydrogen-bond acceptors (Lipinski definition) is 8. The van der Waals surface area contributed by atoms with Gasteiger partial charge in [0.25, 0.3) is 0 Å². The molecule has 0 saturated heterocycles. The fourth-order valence-corrected chi connectivity index (χ4v) is 19.8. The van der Waals surface area contributed by atoms with E-state index in [-0.39, 0.29) is 10.8 Å². The molecular formula is C99H68N8OS.